The molecule has 0 aliphatic carbocycles. The lowest BCUT2D eigenvalue weighted by atomic mass is 10.1. The molecule has 0 fully saturated rings. The first-order valence-electron chi connectivity index (χ1n) is 5.42. The van der Waals surface area contributed by atoms with Crippen LogP contribution in [-0.2, 0) is 9.53 Å². The molecule has 0 bridgehead atoms. The predicted octanol–water partition coefficient (Wildman–Crippen LogP) is 1.97. The van der Waals surface area contributed by atoms with E-state index in [1.165, 1.54) is 0 Å². The maximum Gasteiger partial charge on any atom is 0.219 e. The van der Waals surface area contributed by atoms with Gasteiger partial charge in [0.1, 0.15) is 0 Å². The molecule has 0 aliphatic rings. The van der Waals surface area contributed by atoms with Crippen LogP contribution in [0.5, 0.6) is 0 Å². The van der Waals surface area contributed by atoms with Crippen LogP contribution in [0.15, 0.2) is 0 Å². The number of hydrogen-bond acceptors (Lipinski definition) is 2. The lowest BCUT2D eigenvalue weighted by molar-refractivity contribution is -0.121. The summed E-state index contributed by atoms with van der Waals surface area (Å²) in [4.78, 5) is 11.2. The third kappa shape index (κ3) is 9.52. The third-order valence-electron chi connectivity index (χ3n) is 2.03. The topological polar surface area (TPSA) is 38.3 Å². The van der Waals surface area contributed by atoms with Crippen LogP contribution in [0.1, 0.15) is 39.5 Å². The molecule has 1 amide bonds. The van der Waals surface area contributed by atoms with Crippen molar-refractivity contribution in [2.45, 2.75) is 39.5 Å². The van der Waals surface area contributed by atoms with Gasteiger partial charge >= 0.3 is 0 Å². The minimum absolute atomic E-state index is 0.168. The average molecular weight is 201 g/mol. The van der Waals surface area contributed by atoms with Crippen LogP contribution in [0, 0.1) is 5.92 Å². The maximum atomic E-state index is 11.2. The molecule has 0 aromatic carbocycles. The van der Waals surface area contributed by atoms with Crippen molar-refractivity contribution in [2.75, 3.05) is 20.3 Å². The van der Waals surface area contributed by atoms with Gasteiger partial charge in [-0.05, 0) is 18.8 Å². The van der Waals surface area contributed by atoms with E-state index in [1.807, 2.05) is 0 Å². The van der Waals surface area contributed by atoms with E-state index in [9.17, 15) is 4.79 Å². The van der Waals surface area contributed by atoms with Crippen LogP contribution in [0.3, 0.4) is 0 Å². The Balaban J connectivity index is 3.20. The molecular weight excluding hydrogens is 178 g/mol. The van der Waals surface area contributed by atoms with Crippen LogP contribution in [0.2, 0.25) is 0 Å². The Kier molecular flexibility index (Phi) is 8.64. The lowest BCUT2D eigenvalue weighted by Gasteiger charge is -2.05. The van der Waals surface area contributed by atoms with Crippen molar-refractivity contribution in [3.05, 3.63) is 0 Å². The fourth-order valence-electron chi connectivity index (χ4n) is 1.20. The number of carbonyl (C=O) groups excluding carboxylic acids is 1. The summed E-state index contributed by atoms with van der Waals surface area (Å²) in [5.74, 6) is 0.859. The van der Waals surface area contributed by atoms with E-state index in [0.717, 1.165) is 25.8 Å². The minimum atomic E-state index is 0.168. The number of rotatable bonds is 8. The number of nitrogens with one attached hydrogen (secondary N) is 1. The van der Waals surface area contributed by atoms with Gasteiger partial charge in [0.2, 0.25) is 5.91 Å². The predicted molar refractivity (Wildman–Crippen MR) is 58.2 cm³/mol. The molecule has 0 saturated heterocycles. The zero-order valence-corrected chi connectivity index (χ0v) is 9.64. The zero-order valence-electron chi connectivity index (χ0n) is 9.64. The van der Waals surface area contributed by atoms with Gasteiger partial charge in [-0.1, -0.05) is 20.3 Å². The number of carbonyl (C=O) groups is 1. The Morgan fingerprint density at radius 2 is 2.07 bits per heavy atom. The summed E-state index contributed by atoms with van der Waals surface area (Å²) in [5, 5.41) is 2.87. The molecule has 0 spiro atoms. The Hall–Kier alpha value is -0.570. The largest absolute Gasteiger partial charge is 0.385 e. The van der Waals surface area contributed by atoms with Crippen molar-refractivity contribution >= 4 is 5.91 Å². The first kappa shape index (κ1) is 13.4. The lowest BCUT2D eigenvalue weighted by Crippen LogP contribution is -2.24. The highest BCUT2D eigenvalue weighted by atomic mass is 16.5. The van der Waals surface area contributed by atoms with Crippen LogP contribution >= 0.6 is 0 Å². The number of hydrogen-bond donors (Lipinski definition) is 1. The van der Waals surface area contributed by atoms with Crippen LogP contribution in [0.4, 0.5) is 0 Å². The molecule has 3 heteroatoms. The second-order valence-corrected chi connectivity index (χ2v) is 3.98. The monoisotopic (exact) mass is 201 g/mol. The molecule has 0 aliphatic heterocycles. The minimum Gasteiger partial charge on any atom is -0.385 e. The Labute approximate surface area is 87.2 Å². The SMILES string of the molecule is COCCCNC(=O)CCCC(C)C. The van der Waals surface area contributed by atoms with Crippen molar-refractivity contribution in [3.8, 4) is 0 Å². The number of methoxy groups -OCH3 is 1. The molecule has 14 heavy (non-hydrogen) atoms. The summed E-state index contributed by atoms with van der Waals surface area (Å²) in [5.41, 5.74) is 0. The summed E-state index contributed by atoms with van der Waals surface area (Å²) < 4.78 is 4.88. The highest BCUT2D eigenvalue weighted by Crippen LogP contribution is 2.05. The maximum absolute atomic E-state index is 11.2. The van der Waals surface area contributed by atoms with Gasteiger partial charge in [0.15, 0.2) is 0 Å². The van der Waals surface area contributed by atoms with E-state index in [4.69, 9.17) is 4.74 Å². The van der Waals surface area contributed by atoms with Crippen LogP contribution in [-0.4, -0.2) is 26.2 Å². The van der Waals surface area contributed by atoms with E-state index in [2.05, 4.69) is 19.2 Å². The Morgan fingerprint density at radius 3 is 2.64 bits per heavy atom. The number of ether oxygens (including phenoxy) is 1. The summed E-state index contributed by atoms with van der Waals surface area (Å²) in [7, 11) is 1.67. The molecule has 0 aromatic heterocycles. The van der Waals surface area contributed by atoms with E-state index in [-0.39, 0.29) is 5.91 Å². The van der Waals surface area contributed by atoms with E-state index in [1.54, 1.807) is 7.11 Å². The first-order valence-corrected chi connectivity index (χ1v) is 5.42. The molecular formula is C11H23NO2. The van der Waals surface area contributed by atoms with Gasteiger partial charge in [0.25, 0.3) is 0 Å². The van der Waals surface area contributed by atoms with Crippen LogP contribution < -0.4 is 5.32 Å². The zero-order chi connectivity index (χ0) is 10.8. The molecule has 0 heterocycles. The van der Waals surface area contributed by atoms with Crippen molar-refractivity contribution in [1.29, 1.82) is 0 Å². The summed E-state index contributed by atoms with van der Waals surface area (Å²) in [6.45, 7) is 5.80. The first-order chi connectivity index (χ1) is 6.66. The normalized spacial score (nSPS) is 10.6. The molecule has 84 valence electrons. The molecule has 0 saturated carbocycles. The quantitative estimate of drug-likeness (QED) is 0.610. The van der Waals surface area contributed by atoms with Gasteiger partial charge < -0.3 is 10.1 Å². The average Bonchev–Trinajstić information content (AvgIpc) is 2.12. The smallest absolute Gasteiger partial charge is 0.219 e. The summed E-state index contributed by atoms with van der Waals surface area (Å²) in [6.07, 6.45) is 3.68. The van der Waals surface area contributed by atoms with E-state index >= 15 is 0 Å². The Morgan fingerprint density at radius 1 is 1.36 bits per heavy atom. The molecule has 0 rings (SSSR count). The fourth-order valence-corrected chi connectivity index (χ4v) is 1.20. The van der Waals surface area contributed by atoms with Crippen molar-refractivity contribution in [2.24, 2.45) is 5.92 Å². The fraction of sp³-hybridized carbons (Fsp3) is 0.909. The van der Waals surface area contributed by atoms with Gasteiger partial charge in [-0.25, -0.2) is 0 Å². The van der Waals surface area contributed by atoms with E-state index < -0.39 is 0 Å². The van der Waals surface area contributed by atoms with Crippen molar-refractivity contribution < 1.29 is 9.53 Å². The van der Waals surface area contributed by atoms with Crippen molar-refractivity contribution in [1.82, 2.24) is 5.32 Å². The van der Waals surface area contributed by atoms with E-state index in [0.29, 0.717) is 18.9 Å². The van der Waals surface area contributed by atoms with Crippen molar-refractivity contribution in [3.63, 3.8) is 0 Å². The molecule has 0 unspecified atom stereocenters. The molecule has 3 nitrogen and oxygen atoms in total. The Bertz CT molecular complexity index is 146. The highest BCUT2D eigenvalue weighted by Gasteiger charge is 2.01. The molecule has 1 N–H and O–H groups in total. The molecule has 0 radical (unpaired) electrons. The van der Waals surface area contributed by atoms with Gasteiger partial charge in [-0.3, -0.25) is 4.79 Å². The second kappa shape index (κ2) is 9.00. The highest BCUT2D eigenvalue weighted by molar-refractivity contribution is 5.75. The van der Waals surface area contributed by atoms with Crippen LogP contribution in [0.25, 0.3) is 0 Å². The number of amides is 1. The molecule has 0 atom stereocenters. The molecule has 0 aromatic rings. The van der Waals surface area contributed by atoms with Gasteiger partial charge in [0.05, 0.1) is 0 Å². The standard InChI is InChI=1S/C11H23NO2/c1-10(2)6-4-7-11(13)12-8-5-9-14-3/h10H,4-9H2,1-3H3,(H,12,13). The van der Waals surface area contributed by atoms with Gasteiger partial charge in [0, 0.05) is 26.7 Å². The van der Waals surface area contributed by atoms with Gasteiger partial charge in [-0.2, -0.15) is 0 Å². The third-order valence-corrected chi connectivity index (χ3v) is 2.03. The summed E-state index contributed by atoms with van der Waals surface area (Å²) in [6, 6.07) is 0. The van der Waals surface area contributed by atoms with Gasteiger partial charge in [-0.15, -0.1) is 0 Å². The summed E-state index contributed by atoms with van der Waals surface area (Å²) >= 11 is 0. The second-order valence-electron chi connectivity index (χ2n) is 3.98.